The van der Waals surface area contributed by atoms with E-state index in [-0.39, 0.29) is 22.0 Å². The van der Waals surface area contributed by atoms with Crippen molar-refractivity contribution in [1.82, 2.24) is 5.32 Å². The summed E-state index contributed by atoms with van der Waals surface area (Å²) in [4.78, 5) is 24.3. The lowest BCUT2D eigenvalue weighted by molar-refractivity contribution is -0.140. The van der Waals surface area contributed by atoms with Crippen molar-refractivity contribution in [2.75, 3.05) is 6.54 Å². The maximum atomic E-state index is 13.7. The summed E-state index contributed by atoms with van der Waals surface area (Å²) in [6, 6.07) is 8.51. The normalized spacial score (nSPS) is 14.1. The Morgan fingerprint density at radius 2 is 1.60 bits per heavy atom. The van der Waals surface area contributed by atoms with E-state index in [2.05, 4.69) is 47.8 Å². The maximum absolute atomic E-state index is 13.7. The topological polar surface area (TPSA) is 46.2 Å². The van der Waals surface area contributed by atoms with Crippen molar-refractivity contribution >= 4 is 65.6 Å². The average Bonchev–Trinajstić information content (AvgIpc) is 2.73. The van der Waals surface area contributed by atoms with Gasteiger partial charge in [0.05, 0.1) is 5.92 Å². The minimum absolute atomic E-state index is 0.0347. The summed E-state index contributed by atoms with van der Waals surface area (Å²) in [5.74, 6) is -4.30. The van der Waals surface area contributed by atoms with Gasteiger partial charge in [-0.3, -0.25) is 9.59 Å². The molecule has 0 heterocycles. The molecular formula is C23H18Br3F6NO2. The van der Waals surface area contributed by atoms with Gasteiger partial charge in [-0.15, -0.1) is 0 Å². The minimum Gasteiger partial charge on any atom is -0.347 e. The van der Waals surface area contributed by atoms with Gasteiger partial charge in [0.1, 0.15) is 6.54 Å². The molecule has 2 atom stereocenters. The molecule has 0 aliphatic rings. The second-order valence-corrected chi connectivity index (χ2v) is 10.2. The molecule has 0 bridgehead atoms. The number of carbonyl (C=O) groups is 2. The van der Waals surface area contributed by atoms with Gasteiger partial charge >= 0.3 is 12.4 Å². The molecule has 2 aromatic rings. The van der Waals surface area contributed by atoms with Crippen molar-refractivity contribution in [1.29, 1.82) is 0 Å². The lowest BCUT2D eigenvalue weighted by atomic mass is 9.96. The Labute approximate surface area is 222 Å². The molecule has 3 nitrogen and oxygen atoms in total. The van der Waals surface area contributed by atoms with Gasteiger partial charge < -0.3 is 5.32 Å². The van der Waals surface area contributed by atoms with Crippen LogP contribution in [0.3, 0.4) is 0 Å². The number of carbonyl (C=O) groups excluding carboxylic acids is 2. The highest BCUT2D eigenvalue weighted by atomic mass is 79.9. The molecule has 2 rings (SSSR count). The Balaban J connectivity index is 2.16. The first-order valence-corrected chi connectivity index (χ1v) is 12.3. The van der Waals surface area contributed by atoms with E-state index in [4.69, 9.17) is 0 Å². The monoisotopic (exact) mass is 691 g/mol. The highest BCUT2D eigenvalue weighted by molar-refractivity contribution is 9.13. The second kappa shape index (κ2) is 12.1. The molecule has 35 heavy (non-hydrogen) atoms. The fourth-order valence-electron chi connectivity index (χ4n) is 3.03. The fourth-order valence-corrected chi connectivity index (χ4v) is 4.29. The number of Topliss-reactive ketones (excluding diaryl/α,β-unsaturated/α-hetero) is 1. The van der Waals surface area contributed by atoms with Gasteiger partial charge in [-0.05, 0) is 67.3 Å². The molecular weight excluding hydrogens is 676 g/mol. The first-order valence-electron chi connectivity index (χ1n) is 9.95. The highest BCUT2D eigenvalue weighted by Gasteiger charge is 2.39. The standard InChI is InChI=1S/C23H18Br3F6NO2/c1-12(21(35)33-11-22(27,28)29)8-20(34)15-5-2-13(9-18(15)25)3-6-16(23(30,31)32)14-4-7-17(24)19(26)10-14/h2-7,9-10,12,16H,8,11H2,1H3,(H,33,35)/b6-3+/t12-,16?/m0/s1. The summed E-state index contributed by atoms with van der Waals surface area (Å²) in [6.45, 7) is -0.169. The number of ketones is 1. The van der Waals surface area contributed by atoms with Gasteiger partial charge in [-0.25, -0.2) is 0 Å². The van der Waals surface area contributed by atoms with Crippen molar-refractivity contribution < 1.29 is 35.9 Å². The molecule has 0 spiro atoms. The summed E-state index contributed by atoms with van der Waals surface area (Å²) in [7, 11) is 0. The van der Waals surface area contributed by atoms with Crippen LogP contribution >= 0.6 is 47.8 Å². The number of alkyl halides is 6. The summed E-state index contributed by atoms with van der Waals surface area (Å²) >= 11 is 9.63. The number of amides is 1. The lowest BCUT2D eigenvalue weighted by Crippen LogP contribution is -2.37. The van der Waals surface area contributed by atoms with E-state index in [1.54, 1.807) is 5.32 Å². The summed E-state index contributed by atoms with van der Waals surface area (Å²) in [6.07, 6.45) is -7.16. The largest absolute Gasteiger partial charge is 0.405 e. The van der Waals surface area contributed by atoms with E-state index >= 15 is 0 Å². The molecule has 0 aliphatic carbocycles. The van der Waals surface area contributed by atoms with Crippen LogP contribution in [0.15, 0.2) is 55.9 Å². The number of halogens is 9. The zero-order valence-electron chi connectivity index (χ0n) is 17.9. The predicted octanol–water partition coefficient (Wildman–Crippen LogP) is 8.22. The third kappa shape index (κ3) is 9.05. The van der Waals surface area contributed by atoms with E-state index in [0.717, 1.165) is 6.08 Å². The van der Waals surface area contributed by atoms with E-state index in [1.165, 1.54) is 49.4 Å². The molecule has 0 saturated heterocycles. The molecule has 1 amide bonds. The van der Waals surface area contributed by atoms with Crippen LogP contribution in [-0.4, -0.2) is 30.6 Å². The van der Waals surface area contributed by atoms with Crippen LogP contribution in [0.4, 0.5) is 26.3 Å². The van der Waals surface area contributed by atoms with Crippen LogP contribution in [-0.2, 0) is 4.79 Å². The maximum Gasteiger partial charge on any atom is 0.405 e. The fraction of sp³-hybridized carbons (Fsp3) is 0.304. The SMILES string of the molecule is C[C@@H](CC(=O)c1ccc(/C=C/C(c2ccc(Br)c(Br)c2)C(F)(F)F)cc1Br)C(=O)NCC(F)(F)F. The van der Waals surface area contributed by atoms with Crippen molar-refractivity contribution in [2.45, 2.75) is 31.6 Å². The number of hydrogen-bond acceptors (Lipinski definition) is 2. The van der Waals surface area contributed by atoms with Gasteiger partial charge in [-0.1, -0.05) is 47.1 Å². The Bertz CT molecular complexity index is 1120. The summed E-state index contributed by atoms with van der Waals surface area (Å²) < 4.78 is 79.1. The molecule has 0 aliphatic heterocycles. The summed E-state index contributed by atoms with van der Waals surface area (Å²) in [5.41, 5.74) is 0.573. The Kier molecular flexibility index (Phi) is 10.2. The van der Waals surface area contributed by atoms with E-state index in [1.807, 2.05) is 0 Å². The molecule has 0 fully saturated rings. The third-order valence-corrected chi connectivity index (χ3v) is 7.37. The Morgan fingerprint density at radius 3 is 2.14 bits per heavy atom. The van der Waals surface area contributed by atoms with Crippen molar-refractivity contribution in [2.24, 2.45) is 5.92 Å². The number of hydrogen-bond donors (Lipinski definition) is 1. The highest BCUT2D eigenvalue weighted by Crippen LogP contribution is 2.38. The zero-order chi connectivity index (χ0) is 26.6. The molecule has 190 valence electrons. The molecule has 1 N–H and O–H groups in total. The molecule has 12 heteroatoms. The second-order valence-electron chi connectivity index (χ2n) is 7.65. The van der Waals surface area contributed by atoms with Gasteiger partial charge in [0.15, 0.2) is 5.78 Å². The summed E-state index contributed by atoms with van der Waals surface area (Å²) in [5, 5.41) is 1.73. The van der Waals surface area contributed by atoms with Gasteiger partial charge in [0.2, 0.25) is 5.91 Å². The van der Waals surface area contributed by atoms with E-state index < -0.39 is 42.4 Å². The quantitative estimate of drug-likeness (QED) is 0.224. The van der Waals surface area contributed by atoms with Crippen molar-refractivity contribution in [3.05, 3.63) is 72.6 Å². The van der Waals surface area contributed by atoms with Crippen molar-refractivity contribution in [3.8, 4) is 0 Å². The molecule has 2 aromatic carbocycles. The van der Waals surface area contributed by atoms with Gasteiger partial charge in [-0.2, -0.15) is 26.3 Å². The zero-order valence-corrected chi connectivity index (χ0v) is 22.7. The van der Waals surface area contributed by atoms with Gasteiger partial charge in [0, 0.05) is 31.3 Å². The van der Waals surface area contributed by atoms with Crippen molar-refractivity contribution in [3.63, 3.8) is 0 Å². The molecule has 1 unspecified atom stereocenters. The number of nitrogens with one attached hydrogen (secondary N) is 1. The Morgan fingerprint density at radius 1 is 0.943 bits per heavy atom. The average molecular weight is 694 g/mol. The van der Waals surface area contributed by atoms with Gasteiger partial charge in [0.25, 0.3) is 0 Å². The molecule has 0 radical (unpaired) electrons. The molecule has 0 aromatic heterocycles. The number of benzene rings is 2. The van der Waals surface area contributed by atoms with Crippen LogP contribution in [0.25, 0.3) is 6.08 Å². The predicted molar refractivity (Wildman–Crippen MR) is 131 cm³/mol. The van der Waals surface area contributed by atoms with Crippen LogP contribution in [0, 0.1) is 5.92 Å². The smallest absolute Gasteiger partial charge is 0.347 e. The van der Waals surface area contributed by atoms with E-state index in [9.17, 15) is 35.9 Å². The Hall–Kier alpha value is -1.66. The van der Waals surface area contributed by atoms with Crippen LogP contribution < -0.4 is 5.32 Å². The first kappa shape index (κ1) is 29.6. The van der Waals surface area contributed by atoms with Crippen LogP contribution in [0.5, 0.6) is 0 Å². The third-order valence-electron chi connectivity index (χ3n) is 4.83. The van der Waals surface area contributed by atoms with Crippen LogP contribution in [0.1, 0.15) is 40.7 Å². The minimum atomic E-state index is -4.56. The first-order chi connectivity index (χ1) is 16.1. The molecule has 0 saturated carbocycles. The number of rotatable bonds is 8. The lowest BCUT2D eigenvalue weighted by Gasteiger charge is -2.18. The number of allylic oxidation sites excluding steroid dienone is 1. The van der Waals surface area contributed by atoms with E-state index in [0.29, 0.717) is 14.5 Å². The van der Waals surface area contributed by atoms with Crippen LogP contribution in [0.2, 0.25) is 0 Å².